The first-order valence-electron chi connectivity index (χ1n) is 7.92. The molecule has 2 aromatic rings. The van der Waals surface area contributed by atoms with E-state index in [1.165, 1.54) is 0 Å². The van der Waals surface area contributed by atoms with Gasteiger partial charge in [-0.2, -0.15) is 0 Å². The molecule has 1 aliphatic heterocycles. The van der Waals surface area contributed by atoms with E-state index in [9.17, 15) is 9.59 Å². The molecule has 2 aromatic carbocycles. The van der Waals surface area contributed by atoms with E-state index in [4.69, 9.17) is 4.74 Å². The first kappa shape index (κ1) is 16.1. The van der Waals surface area contributed by atoms with Gasteiger partial charge < -0.3 is 15.4 Å². The average Bonchev–Trinajstić information content (AvgIpc) is 2.55. The Labute approximate surface area is 141 Å². The SMILES string of the molecule is Cc1ccc2c(c1)NC(=O)C(CC(=O)NCc1ccccc1C)O2. The second-order valence-corrected chi connectivity index (χ2v) is 6.00. The van der Waals surface area contributed by atoms with Crippen LogP contribution in [0.5, 0.6) is 5.75 Å². The van der Waals surface area contributed by atoms with Gasteiger partial charge in [0.1, 0.15) is 5.75 Å². The van der Waals surface area contributed by atoms with E-state index in [1.807, 2.05) is 56.3 Å². The summed E-state index contributed by atoms with van der Waals surface area (Å²) < 4.78 is 5.67. The van der Waals surface area contributed by atoms with E-state index in [2.05, 4.69) is 10.6 Å². The first-order valence-corrected chi connectivity index (χ1v) is 7.92. The van der Waals surface area contributed by atoms with Crippen LogP contribution in [-0.2, 0) is 16.1 Å². The zero-order valence-electron chi connectivity index (χ0n) is 13.8. The molecule has 0 radical (unpaired) electrons. The van der Waals surface area contributed by atoms with Crippen LogP contribution in [0.3, 0.4) is 0 Å². The van der Waals surface area contributed by atoms with Crippen molar-refractivity contribution in [3.63, 3.8) is 0 Å². The van der Waals surface area contributed by atoms with Gasteiger partial charge in [0.2, 0.25) is 5.91 Å². The van der Waals surface area contributed by atoms with E-state index in [-0.39, 0.29) is 18.2 Å². The molecule has 5 nitrogen and oxygen atoms in total. The molecular formula is C19H20N2O3. The highest BCUT2D eigenvalue weighted by Gasteiger charge is 2.29. The number of carbonyl (C=O) groups excluding carboxylic acids is 2. The van der Waals surface area contributed by atoms with Gasteiger partial charge >= 0.3 is 0 Å². The first-order chi connectivity index (χ1) is 11.5. The third-order valence-corrected chi connectivity index (χ3v) is 4.06. The lowest BCUT2D eigenvalue weighted by atomic mass is 10.1. The Hall–Kier alpha value is -2.82. The lowest BCUT2D eigenvalue weighted by Crippen LogP contribution is -2.41. The van der Waals surface area contributed by atoms with E-state index < -0.39 is 6.10 Å². The van der Waals surface area contributed by atoms with Crippen molar-refractivity contribution >= 4 is 17.5 Å². The fourth-order valence-corrected chi connectivity index (χ4v) is 2.64. The Morgan fingerprint density at radius 1 is 1.21 bits per heavy atom. The maximum atomic E-state index is 12.1. The summed E-state index contributed by atoms with van der Waals surface area (Å²) in [6.45, 7) is 4.38. The molecule has 24 heavy (non-hydrogen) atoms. The van der Waals surface area contributed by atoms with Crippen molar-refractivity contribution in [2.24, 2.45) is 0 Å². The van der Waals surface area contributed by atoms with Crippen LogP contribution >= 0.6 is 0 Å². The number of anilines is 1. The monoisotopic (exact) mass is 324 g/mol. The third kappa shape index (κ3) is 3.56. The number of hydrogen-bond donors (Lipinski definition) is 2. The molecule has 0 fully saturated rings. The Bertz CT molecular complexity index is 786. The second-order valence-electron chi connectivity index (χ2n) is 6.00. The van der Waals surface area contributed by atoms with Gasteiger partial charge in [0, 0.05) is 6.54 Å². The highest BCUT2D eigenvalue weighted by molar-refractivity contribution is 6.00. The summed E-state index contributed by atoms with van der Waals surface area (Å²) in [7, 11) is 0. The molecule has 1 unspecified atom stereocenters. The molecule has 2 N–H and O–H groups in total. The van der Waals surface area contributed by atoms with Crippen LogP contribution in [0.1, 0.15) is 23.1 Å². The summed E-state index contributed by atoms with van der Waals surface area (Å²) in [4.78, 5) is 24.3. The highest BCUT2D eigenvalue weighted by atomic mass is 16.5. The van der Waals surface area contributed by atoms with E-state index >= 15 is 0 Å². The smallest absolute Gasteiger partial charge is 0.266 e. The van der Waals surface area contributed by atoms with Gasteiger partial charge in [0.15, 0.2) is 6.10 Å². The number of hydrogen-bond acceptors (Lipinski definition) is 3. The third-order valence-electron chi connectivity index (χ3n) is 4.06. The molecule has 0 saturated heterocycles. The number of rotatable bonds is 4. The van der Waals surface area contributed by atoms with Crippen LogP contribution in [0.4, 0.5) is 5.69 Å². The topological polar surface area (TPSA) is 67.4 Å². The van der Waals surface area contributed by atoms with Gasteiger partial charge in [-0.1, -0.05) is 30.3 Å². The van der Waals surface area contributed by atoms with Crippen molar-refractivity contribution in [3.8, 4) is 5.75 Å². The number of ether oxygens (including phenoxy) is 1. The summed E-state index contributed by atoms with van der Waals surface area (Å²) in [5.74, 6) is 0.0880. The normalized spacial score (nSPS) is 15.9. The maximum absolute atomic E-state index is 12.1. The fourth-order valence-electron chi connectivity index (χ4n) is 2.64. The number of amides is 2. The van der Waals surface area contributed by atoms with Crippen LogP contribution < -0.4 is 15.4 Å². The zero-order chi connectivity index (χ0) is 17.1. The molecule has 3 rings (SSSR count). The molecule has 0 aromatic heterocycles. The number of carbonyl (C=O) groups is 2. The molecule has 0 saturated carbocycles. The summed E-state index contributed by atoms with van der Waals surface area (Å²) in [6.07, 6.45) is -0.817. The van der Waals surface area contributed by atoms with Gasteiger partial charge in [0.25, 0.3) is 5.91 Å². The van der Waals surface area contributed by atoms with Crippen molar-refractivity contribution < 1.29 is 14.3 Å². The summed E-state index contributed by atoms with van der Waals surface area (Å²) in [5.41, 5.74) is 3.86. The van der Waals surface area contributed by atoms with Gasteiger partial charge in [-0.25, -0.2) is 0 Å². The molecule has 0 aliphatic carbocycles. The lowest BCUT2D eigenvalue weighted by molar-refractivity contribution is -0.130. The molecule has 5 heteroatoms. The highest BCUT2D eigenvalue weighted by Crippen LogP contribution is 2.30. The van der Waals surface area contributed by atoms with Gasteiger partial charge in [-0.3, -0.25) is 9.59 Å². The molecule has 0 bridgehead atoms. The summed E-state index contributed by atoms with van der Waals surface area (Å²) in [6, 6.07) is 13.4. The van der Waals surface area contributed by atoms with Gasteiger partial charge in [-0.15, -0.1) is 0 Å². The summed E-state index contributed by atoms with van der Waals surface area (Å²) in [5, 5.41) is 5.64. The van der Waals surface area contributed by atoms with E-state index in [0.717, 1.165) is 16.7 Å². The van der Waals surface area contributed by atoms with Crippen LogP contribution in [0.15, 0.2) is 42.5 Å². The standard InChI is InChI=1S/C19H20N2O3/c1-12-7-8-16-15(9-12)21-19(23)17(24-16)10-18(22)20-11-14-6-4-3-5-13(14)2/h3-9,17H,10-11H2,1-2H3,(H,20,22)(H,21,23). The van der Waals surface area contributed by atoms with Crippen LogP contribution in [0.25, 0.3) is 0 Å². The van der Waals surface area contributed by atoms with Crippen molar-refractivity contribution in [1.82, 2.24) is 5.32 Å². The minimum Gasteiger partial charge on any atom is -0.478 e. The van der Waals surface area contributed by atoms with Gasteiger partial charge in [0.05, 0.1) is 12.1 Å². The van der Waals surface area contributed by atoms with Crippen LogP contribution in [0, 0.1) is 13.8 Å². The lowest BCUT2D eigenvalue weighted by Gasteiger charge is -2.25. The van der Waals surface area contributed by atoms with E-state index in [1.54, 1.807) is 0 Å². The van der Waals surface area contributed by atoms with E-state index in [0.29, 0.717) is 18.0 Å². The minimum atomic E-state index is -0.808. The Balaban J connectivity index is 1.59. The molecule has 1 aliphatic rings. The number of aryl methyl sites for hydroxylation is 2. The maximum Gasteiger partial charge on any atom is 0.266 e. The molecular weight excluding hydrogens is 304 g/mol. The number of benzene rings is 2. The molecule has 2 amide bonds. The zero-order valence-corrected chi connectivity index (χ0v) is 13.8. The molecule has 1 atom stereocenters. The predicted octanol–water partition coefficient (Wildman–Crippen LogP) is 2.71. The van der Waals surface area contributed by atoms with Crippen LogP contribution in [-0.4, -0.2) is 17.9 Å². The largest absolute Gasteiger partial charge is 0.478 e. The van der Waals surface area contributed by atoms with Crippen molar-refractivity contribution in [2.45, 2.75) is 32.9 Å². The molecule has 1 heterocycles. The van der Waals surface area contributed by atoms with Crippen molar-refractivity contribution in [2.75, 3.05) is 5.32 Å². The minimum absolute atomic E-state index is 0.00890. The summed E-state index contributed by atoms with van der Waals surface area (Å²) >= 11 is 0. The Morgan fingerprint density at radius 3 is 2.79 bits per heavy atom. The van der Waals surface area contributed by atoms with Crippen molar-refractivity contribution in [3.05, 3.63) is 59.2 Å². The fraction of sp³-hybridized carbons (Fsp3) is 0.263. The molecule has 124 valence electrons. The van der Waals surface area contributed by atoms with Crippen molar-refractivity contribution in [1.29, 1.82) is 0 Å². The number of nitrogens with one attached hydrogen (secondary N) is 2. The predicted molar refractivity (Wildman–Crippen MR) is 91.9 cm³/mol. The average molecular weight is 324 g/mol. The Morgan fingerprint density at radius 2 is 2.00 bits per heavy atom. The Kier molecular flexibility index (Phi) is 4.51. The number of fused-ring (bicyclic) bond motifs is 1. The second kappa shape index (κ2) is 6.74. The van der Waals surface area contributed by atoms with Gasteiger partial charge in [-0.05, 0) is 42.7 Å². The van der Waals surface area contributed by atoms with Crippen LogP contribution in [0.2, 0.25) is 0 Å². The quantitative estimate of drug-likeness (QED) is 0.909. The molecule has 0 spiro atoms.